The first-order valence-corrected chi connectivity index (χ1v) is 10.1. The summed E-state index contributed by atoms with van der Waals surface area (Å²) in [5.74, 6) is 0. The first-order valence-electron chi connectivity index (χ1n) is 7.45. The van der Waals surface area contributed by atoms with Crippen molar-refractivity contribution in [1.82, 2.24) is 0 Å². The average molecular weight is 396 g/mol. The molecule has 0 saturated heterocycles. The maximum atomic E-state index is 8.58. The molecule has 0 aliphatic heterocycles. The second-order valence-corrected chi connectivity index (χ2v) is 7.62. The molecule has 25 heavy (non-hydrogen) atoms. The number of hydrogen-bond donors (Lipinski definition) is 0. The minimum Gasteiger partial charge on any atom is -0.0622 e. The molecule has 0 N–H and O–H groups in total. The smallest absolute Gasteiger partial charge is 0.0622 e. The third-order valence-corrected chi connectivity index (χ3v) is 5.02. The maximum Gasteiger partial charge on any atom is 0.147 e. The van der Waals surface area contributed by atoms with E-state index in [0.717, 1.165) is 0 Å². The Morgan fingerprint density at radius 3 is 1.00 bits per heavy atom. The van der Waals surface area contributed by atoms with Crippen LogP contribution in [0.3, 0.4) is 0 Å². The van der Waals surface area contributed by atoms with Crippen molar-refractivity contribution in [2.45, 2.75) is 5.16 Å². The van der Waals surface area contributed by atoms with Gasteiger partial charge in [0.15, 0.2) is 0 Å². The largest absolute Gasteiger partial charge is 0.147 e. The van der Waals surface area contributed by atoms with E-state index in [-0.39, 0.29) is 5.16 Å². The second kappa shape index (κ2) is 8.37. The summed E-state index contributed by atoms with van der Waals surface area (Å²) in [5, 5.41) is -0.0935. The second-order valence-electron chi connectivity index (χ2n) is 5.38. The molecule has 0 radical (unpaired) electrons. The molecule has 1 unspecified atom stereocenters. The molecule has 0 amide bonds. The molecule has 4 nitrogen and oxygen atoms in total. The van der Waals surface area contributed by atoms with Gasteiger partial charge in [-0.15, -0.1) is 0 Å². The van der Waals surface area contributed by atoms with E-state index in [9.17, 15) is 0 Å². The summed E-state index contributed by atoms with van der Waals surface area (Å²) in [7, 11) is 2.05. The van der Waals surface area contributed by atoms with Crippen molar-refractivity contribution in [2.75, 3.05) is 0 Å². The monoisotopic (exact) mass is 396 g/mol. The molecule has 0 bridgehead atoms. The van der Waals surface area contributed by atoms with E-state index in [2.05, 4.69) is 91.0 Å². The van der Waals surface area contributed by atoms with Crippen LogP contribution in [-0.2, 0) is 29.6 Å². The fourth-order valence-electron chi connectivity index (χ4n) is 2.67. The fraction of sp³-hybridized carbons (Fsp3) is 0.0526. The van der Waals surface area contributed by atoms with Gasteiger partial charge >= 0.3 is 28.7 Å². The topological polar surface area (TPSA) is 74.3 Å². The van der Waals surface area contributed by atoms with Gasteiger partial charge in [0.25, 0.3) is 0 Å². The third-order valence-electron chi connectivity index (χ3n) is 3.80. The first kappa shape index (κ1) is 19.3. The molecule has 3 rings (SSSR count). The van der Waals surface area contributed by atoms with Crippen LogP contribution >= 0.6 is 9.24 Å². The van der Waals surface area contributed by atoms with Crippen LogP contribution in [0.4, 0.5) is 0 Å². The van der Waals surface area contributed by atoms with Gasteiger partial charge in [-0.2, -0.15) is 0 Å². The van der Waals surface area contributed by atoms with Crippen LogP contribution < -0.4 is 4.19 Å². The van der Waals surface area contributed by atoms with Crippen molar-refractivity contribution in [2.24, 2.45) is 0 Å². The van der Waals surface area contributed by atoms with Crippen LogP contribution in [-0.4, -0.2) is 0 Å². The minimum absolute atomic E-state index is 0.0935. The normalized spacial score (nSPS) is 11.4. The molecule has 3 aromatic rings. The van der Waals surface area contributed by atoms with Crippen LogP contribution in [0.15, 0.2) is 91.0 Å². The van der Waals surface area contributed by atoms with Gasteiger partial charge in [0.2, 0.25) is 0 Å². The van der Waals surface area contributed by atoms with E-state index in [4.69, 9.17) is 15.7 Å². The summed E-state index contributed by atoms with van der Waals surface area (Å²) in [5.41, 5.74) is 3.99. The third kappa shape index (κ3) is 5.48. The van der Waals surface area contributed by atoms with E-state index >= 15 is 0 Å². The molecule has 3 aromatic carbocycles. The molecular formula is C19H18MnO4P. The van der Waals surface area contributed by atoms with E-state index in [1.807, 2.05) is 9.24 Å². The molecule has 1 atom stereocenters. The zero-order valence-corrected chi connectivity index (χ0v) is 16.0. The first-order chi connectivity index (χ1) is 11.8. The SMILES string of the molecule is [O]=[Mn](=[O])(=[O])[O-].[PH3+]C(c1ccccc1)(c1ccccc1)c1ccccc1. The van der Waals surface area contributed by atoms with Gasteiger partial charge in [-0.1, -0.05) is 91.0 Å². The predicted octanol–water partition coefficient (Wildman–Crippen LogP) is 3.04. The van der Waals surface area contributed by atoms with Gasteiger partial charge in [0, 0.05) is 16.7 Å². The zero-order chi connectivity index (χ0) is 18.3. The number of benzene rings is 3. The summed E-state index contributed by atoms with van der Waals surface area (Å²) in [6, 6.07) is 32.2. The van der Waals surface area contributed by atoms with Crippen LogP contribution in [0.5, 0.6) is 0 Å². The Morgan fingerprint density at radius 1 is 0.600 bits per heavy atom. The molecule has 0 aromatic heterocycles. The van der Waals surface area contributed by atoms with Crippen LogP contribution in [0.2, 0.25) is 0 Å². The Hall–Kier alpha value is -2.03. The van der Waals surface area contributed by atoms with Crippen molar-refractivity contribution in [3.8, 4) is 0 Å². The average Bonchev–Trinajstić information content (AvgIpc) is 2.62. The van der Waals surface area contributed by atoms with Crippen molar-refractivity contribution >= 4 is 9.24 Å². The summed E-state index contributed by atoms with van der Waals surface area (Å²) in [6.07, 6.45) is 0. The Balaban J connectivity index is 0.000000399. The summed E-state index contributed by atoms with van der Waals surface area (Å²) >= 11 is -5.62. The van der Waals surface area contributed by atoms with E-state index in [1.165, 1.54) is 16.7 Å². The molecule has 0 saturated carbocycles. The van der Waals surface area contributed by atoms with Crippen LogP contribution in [0.1, 0.15) is 16.7 Å². The fourth-order valence-corrected chi connectivity index (χ4v) is 3.38. The maximum absolute atomic E-state index is 8.58. The van der Waals surface area contributed by atoms with E-state index in [0.29, 0.717) is 0 Å². The van der Waals surface area contributed by atoms with E-state index in [1.54, 1.807) is 0 Å². The van der Waals surface area contributed by atoms with Crippen LogP contribution in [0, 0.1) is 0 Å². The summed E-state index contributed by atoms with van der Waals surface area (Å²) in [4.78, 5) is 0. The van der Waals surface area contributed by atoms with Crippen molar-refractivity contribution in [1.29, 1.82) is 0 Å². The zero-order valence-electron chi connectivity index (χ0n) is 13.4. The van der Waals surface area contributed by atoms with Gasteiger partial charge < -0.3 is 0 Å². The molecule has 6 heteroatoms. The number of hydrogen-bond acceptors (Lipinski definition) is 4. The quantitative estimate of drug-likeness (QED) is 0.388. The molecule has 0 aliphatic rings. The molecular weight excluding hydrogens is 378 g/mol. The Bertz CT molecular complexity index is 842. The summed E-state index contributed by atoms with van der Waals surface area (Å²) in [6.45, 7) is 0. The standard InChI is InChI=1S/C19H17P.Mn.4O/c20-19(16-10-4-1-5-11-16,17-12-6-2-7-13-17)18-14-8-3-9-15-18;;;;;/h1-15H,20H2;;;;;/q;;;;;-1/p+1. The van der Waals surface area contributed by atoms with Crippen molar-refractivity contribution in [3.05, 3.63) is 108 Å². The molecule has 0 aliphatic carbocycles. The predicted molar refractivity (Wildman–Crippen MR) is 92.4 cm³/mol. The number of rotatable bonds is 3. The van der Waals surface area contributed by atoms with Gasteiger partial charge in [0.05, 0.1) is 0 Å². The van der Waals surface area contributed by atoms with Crippen molar-refractivity contribution < 1.29 is 28.7 Å². The minimum atomic E-state index is -5.62. The van der Waals surface area contributed by atoms with Crippen molar-refractivity contribution in [3.63, 3.8) is 0 Å². The Morgan fingerprint density at radius 2 is 0.800 bits per heavy atom. The van der Waals surface area contributed by atoms with Crippen LogP contribution in [0.25, 0.3) is 0 Å². The molecule has 0 fully saturated rings. The molecule has 130 valence electrons. The molecule has 0 spiro atoms. The van der Waals surface area contributed by atoms with Gasteiger partial charge in [-0.25, -0.2) is 0 Å². The van der Waals surface area contributed by atoms with Gasteiger partial charge in [-0.05, 0) is 9.24 Å². The summed E-state index contributed by atoms with van der Waals surface area (Å²) < 4.78 is 34.3. The van der Waals surface area contributed by atoms with Gasteiger partial charge in [0.1, 0.15) is 5.16 Å². The molecule has 0 heterocycles. The van der Waals surface area contributed by atoms with E-state index < -0.39 is 13.0 Å². The Labute approximate surface area is 150 Å². The van der Waals surface area contributed by atoms with Gasteiger partial charge in [-0.3, -0.25) is 0 Å². The Kier molecular flexibility index (Phi) is 6.46.